The predicted molar refractivity (Wildman–Crippen MR) is 61.0 cm³/mol. The van der Waals surface area contributed by atoms with Crippen LogP contribution in [0.3, 0.4) is 0 Å². The molecule has 1 N–H and O–H groups in total. The summed E-state index contributed by atoms with van der Waals surface area (Å²) >= 11 is 0. The van der Waals surface area contributed by atoms with E-state index in [-0.39, 0.29) is 17.1 Å². The van der Waals surface area contributed by atoms with Gasteiger partial charge in [0.15, 0.2) is 5.78 Å². The van der Waals surface area contributed by atoms with Gasteiger partial charge in [-0.3, -0.25) is 4.79 Å². The lowest BCUT2D eigenvalue weighted by Gasteiger charge is -2.03. The summed E-state index contributed by atoms with van der Waals surface area (Å²) in [6.07, 6.45) is -0.348. The fourth-order valence-corrected chi connectivity index (χ4v) is 0.963. The molecule has 86 valence electrons. The van der Waals surface area contributed by atoms with Crippen LogP contribution in [0, 0.1) is 0 Å². The number of hydrogen-bond donors (Lipinski definition) is 1. The van der Waals surface area contributed by atoms with E-state index in [2.05, 4.69) is 11.3 Å². The van der Waals surface area contributed by atoms with E-state index in [1.807, 2.05) is 13.8 Å². The Morgan fingerprint density at radius 1 is 1.31 bits per heavy atom. The second-order valence-corrected chi connectivity index (χ2v) is 2.43. The Hall–Kier alpha value is -2.10. The Bertz CT molecular complexity index is 382. The van der Waals surface area contributed by atoms with Crippen LogP contribution in [0.25, 0.3) is 0 Å². The van der Waals surface area contributed by atoms with Gasteiger partial charge < -0.3 is 9.84 Å². The summed E-state index contributed by atoms with van der Waals surface area (Å²) in [7, 11) is 0. The van der Waals surface area contributed by atoms with Gasteiger partial charge in [0.2, 0.25) is 0 Å². The van der Waals surface area contributed by atoms with E-state index in [0.29, 0.717) is 0 Å². The van der Waals surface area contributed by atoms with Crippen LogP contribution in [0.5, 0.6) is 5.75 Å². The van der Waals surface area contributed by atoms with Crippen molar-refractivity contribution in [2.24, 2.45) is 0 Å². The SMILES string of the molecule is C=CC(=O)c1ccccc1OC(=O)O.CC. The van der Waals surface area contributed by atoms with Gasteiger partial charge in [0, 0.05) is 0 Å². The molecule has 0 aliphatic carbocycles. The van der Waals surface area contributed by atoms with Crippen LogP contribution in [0.1, 0.15) is 24.2 Å². The van der Waals surface area contributed by atoms with Crippen molar-refractivity contribution < 1.29 is 19.4 Å². The van der Waals surface area contributed by atoms with Crippen molar-refractivity contribution in [1.29, 1.82) is 0 Å². The molecule has 1 aromatic rings. The van der Waals surface area contributed by atoms with E-state index in [1.165, 1.54) is 12.1 Å². The first-order valence-electron chi connectivity index (χ1n) is 4.81. The summed E-state index contributed by atoms with van der Waals surface area (Å²) < 4.78 is 4.42. The third-order valence-electron chi connectivity index (χ3n) is 1.54. The van der Waals surface area contributed by atoms with E-state index >= 15 is 0 Å². The minimum Gasteiger partial charge on any atom is -0.449 e. The van der Waals surface area contributed by atoms with Crippen LogP contribution in [0.15, 0.2) is 36.9 Å². The molecule has 0 saturated heterocycles. The van der Waals surface area contributed by atoms with Gasteiger partial charge in [0.05, 0.1) is 5.56 Å². The summed E-state index contributed by atoms with van der Waals surface area (Å²) in [6.45, 7) is 7.30. The number of carbonyl (C=O) groups is 2. The molecular weight excluding hydrogens is 208 g/mol. The Kier molecular flexibility index (Phi) is 6.28. The van der Waals surface area contributed by atoms with Crippen molar-refractivity contribution >= 4 is 11.9 Å². The van der Waals surface area contributed by atoms with Crippen LogP contribution < -0.4 is 4.74 Å². The van der Waals surface area contributed by atoms with Gasteiger partial charge in [-0.1, -0.05) is 32.6 Å². The Morgan fingerprint density at radius 2 is 1.88 bits per heavy atom. The topological polar surface area (TPSA) is 63.6 Å². The van der Waals surface area contributed by atoms with E-state index in [1.54, 1.807) is 12.1 Å². The molecule has 16 heavy (non-hydrogen) atoms. The van der Waals surface area contributed by atoms with Crippen molar-refractivity contribution in [3.63, 3.8) is 0 Å². The first-order chi connectivity index (χ1) is 7.65. The zero-order chi connectivity index (χ0) is 12.6. The largest absolute Gasteiger partial charge is 0.511 e. The van der Waals surface area contributed by atoms with E-state index in [4.69, 9.17) is 5.11 Å². The number of carbonyl (C=O) groups excluding carboxylic acids is 1. The molecule has 0 aliphatic heterocycles. The Morgan fingerprint density at radius 3 is 2.38 bits per heavy atom. The summed E-state index contributed by atoms with van der Waals surface area (Å²) in [5.74, 6) is -0.355. The number of ketones is 1. The zero-order valence-corrected chi connectivity index (χ0v) is 9.27. The number of allylic oxidation sites excluding steroid dienone is 1. The highest BCUT2D eigenvalue weighted by Crippen LogP contribution is 2.18. The lowest BCUT2D eigenvalue weighted by atomic mass is 10.1. The number of hydrogen-bond acceptors (Lipinski definition) is 3. The number of benzene rings is 1. The van der Waals surface area contributed by atoms with Gasteiger partial charge in [-0.2, -0.15) is 0 Å². The quantitative estimate of drug-likeness (QED) is 0.369. The molecule has 0 radical (unpaired) electrons. The highest BCUT2D eigenvalue weighted by Gasteiger charge is 2.11. The lowest BCUT2D eigenvalue weighted by Crippen LogP contribution is -2.07. The highest BCUT2D eigenvalue weighted by molar-refractivity contribution is 6.06. The minimum atomic E-state index is -1.45. The molecule has 4 heteroatoms. The van der Waals surface area contributed by atoms with Crippen LogP contribution >= 0.6 is 0 Å². The van der Waals surface area contributed by atoms with Gasteiger partial charge in [-0.15, -0.1) is 0 Å². The Labute approximate surface area is 94.2 Å². The average molecular weight is 222 g/mol. The molecule has 0 atom stereocenters. The van der Waals surface area contributed by atoms with Crippen LogP contribution in [-0.2, 0) is 0 Å². The summed E-state index contributed by atoms with van der Waals surface area (Å²) in [6, 6.07) is 6.08. The third-order valence-corrected chi connectivity index (χ3v) is 1.54. The Balaban J connectivity index is 0.00000106. The monoisotopic (exact) mass is 222 g/mol. The maximum atomic E-state index is 11.2. The second-order valence-electron chi connectivity index (χ2n) is 2.43. The average Bonchev–Trinajstić information content (AvgIpc) is 2.31. The van der Waals surface area contributed by atoms with Crippen LogP contribution in [0.2, 0.25) is 0 Å². The van der Waals surface area contributed by atoms with Crippen LogP contribution in [-0.4, -0.2) is 17.0 Å². The van der Waals surface area contributed by atoms with E-state index in [0.717, 1.165) is 6.08 Å². The van der Waals surface area contributed by atoms with Gasteiger partial charge in [-0.05, 0) is 18.2 Å². The fraction of sp³-hybridized carbons (Fsp3) is 0.167. The van der Waals surface area contributed by atoms with Gasteiger partial charge in [0.25, 0.3) is 0 Å². The number of para-hydroxylation sites is 1. The molecule has 0 aromatic heterocycles. The fourth-order valence-electron chi connectivity index (χ4n) is 0.963. The standard InChI is InChI=1S/C10H8O4.C2H6/c1-2-8(11)7-5-3-4-6-9(7)14-10(12)13;1-2/h2-6H,1H2,(H,12,13);1-2H3. The molecule has 0 bridgehead atoms. The molecule has 0 aliphatic rings. The van der Waals surface area contributed by atoms with Crippen molar-refractivity contribution in [3.05, 3.63) is 42.5 Å². The van der Waals surface area contributed by atoms with Crippen molar-refractivity contribution in [3.8, 4) is 5.75 Å². The van der Waals surface area contributed by atoms with E-state index in [9.17, 15) is 9.59 Å². The molecule has 0 spiro atoms. The minimum absolute atomic E-state index is 0.0184. The molecule has 0 amide bonds. The third kappa shape index (κ3) is 3.96. The first-order valence-corrected chi connectivity index (χ1v) is 4.81. The summed E-state index contributed by atoms with van der Waals surface area (Å²) in [4.78, 5) is 21.5. The molecule has 1 aromatic carbocycles. The van der Waals surface area contributed by atoms with Gasteiger partial charge in [0.1, 0.15) is 5.75 Å². The number of ether oxygens (including phenoxy) is 1. The second kappa shape index (κ2) is 7.23. The highest BCUT2D eigenvalue weighted by atomic mass is 16.7. The van der Waals surface area contributed by atoms with Crippen molar-refractivity contribution in [2.75, 3.05) is 0 Å². The molecule has 0 saturated carbocycles. The van der Waals surface area contributed by atoms with Gasteiger partial charge in [-0.25, -0.2) is 4.79 Å². The van der Waals surface area contributed by atoms with Gasteiger partial charge >= 0.3 is 6.16 Å². The lowest BCUT2D eigenvalue weighted by molar-refractivity contribution is 0.104. The normalized spacial score (nSPS) is 8.38. The van der Waals surface area contributed by atoms with E-state index < -0.39 is 6.16 Å². The summed E-state index contributed by atoms with van der Waals surface area (Å²) in [5.41, 5.74) is 0.185. The van der Waals surface area contributed by atoms with Crippen molar-refractivity contribution in [1.82, 2.24) is 0 Å². The number of carboxylic acid groups (broad SMARTS) is 1. The predicted octanol–water partition coefficient (Wildman–Crippen LogP) is 3.14. The maximum Gasteiger partial charge on any atom is 0.511 e. The van der Waals surface area contributed by atoms with Crippen LogP contribution in [0.4, 0.5) is 4.79 Å². The maximum absolute atomic E-state index is 11.2. The molecule has 1 rings (SSSR count). The number of rotatable bonds is 3. The first kappa shape index (κ1) is 13.9. The molecule has 4 nitrogen and oxygen atoms in total. The molecule has 0 fully saturated rings. The summed E-state index contributed by atoms with van der Waals surface area (Å²) in [5, 5.41) is 8.39. The zero-order valence-electron chi connectivity index (χ0n) is 9.27. The molecular formula is C12H14O4. The molecule has 0 unspecified atom stereocenters. The smallest absolute Gasteiger partial charge is 0.449 e. The van der Waals surface area contributed by atoms with Crippen molar-refractivity contribution in [2.45, 2.75) is 13.8 Å². The molecule has 0 heterocycles.